The molecule has 100 valence electrons. The molecule has 1 unspecified atom stereocenters. The van der Waals surface area contributed by atoms with Gasteiger partial charge in [-0.2, -0.15) is 0 Å². The van der Waals surface area contributed by atoms with Gasteiger partial charge in [0.05, 0.1) is 0 Å². The van der Waals surface area contributed by atoms with Gasteiger partial charge in [0.1, 0.15) is 17.2 Å². The first kappa shape index (κ1) is 14.5. The highest BCUT2D eigenvalue weighted by molar-refractivity contribution is 5.75. The van der Waals surface area contributed by atoms with Gasteiger partial charge in [0, 0.05) is 0 Å². The molecule has 1 atom stereocenters. The van der Waals surface area contributed by atoms with Crippen molar-refractivity contribution in [2.24, 2.45) is 0 Å². The molecule has 0 spiro atoms. The van der Waals surface area contributed by atoms with Crippen molar-refractivity contribution < 1.29 is 18.7 Å². The van der Waals surface area contributed by atoms with Crippen LogP contribution in [-0.4, -0.2) is 17.7 Å². The molecule has 18 heavy (non-hydrogen) atoms. The third-order valence-electron chi connectivity index (χ3n) is 2.18. The second-order valence-corrected chi connectivity index (χ2v) is 5.20. The fourth-order valence-electron chi connectivity index (χ4n) is 1.33. The van der Waals surface area contributed by atoms with Crippen molar-refractivity contribution in [1.29, 1.82) is 0 Å². The Bertz CT molecular complexity index is 435. The molecule has 0 aliphatic rings. The van der Waals surface area contributed by atoms with E-state index in [1.807, 2.05) is 0 Å². The molecule has 0 fully saturated rings. The van der Waals surface area contributed by atoms with Gasteiger partial charge in [-0.05, 0) is 58.4 Å². The van der Waals surface area contributed by atoms with E-state index in [0.29, 0.717) is 11.3 Å². The Balaban J connectivity index is 2.66. The molecule has 1 aromatic carbocycles. The van der Waals surface area contributed by atoms with E-state index in [0.717, 1.165) is 0 Å². The number of benzene rings is 1. The van der Waals surface area contributed by atoms with Gasteiger partial charge in [-0.1, -0.05) is 0 Å². The van der Waals surface area contributed by atoms with E-state index in [1.54, 1.807) is 40.7 Å². The second-order valence-electron chi connectivity index (χ2n) is 5.20. The minimum Gasteiger partial charge on any atom is -0.479 e. The number of carbonyl (C=O) groups excluding carboxylic acids is 1. The van der Waals surface area contributed by atoms with Gasteiger partial charge < -0.3 is 9.47 Å². The number of carbonyl (C=O) groups is 1. The largest absolute Gasteiger partial charge is 0.479 e. The Morgan fingerprint density at radius 2 is 1.94 bits per heavy atom. The first-order valence-electron chi connectivity index (χ1n) is 5.85. The standard InChI is InChI=1S/C14H19FO3/c1-9-8-11(6-7-12(9)15)17-10(2)13(16)18-14(3,4)5/h6-8,10H,1-5H3. The van der Waals surface area contributed by atoms with Crippen LogP contribution in [0.5, 0.6) is 5.75 Å². The molecule has 0 heterocycles. The first-order chi connectivity index (χ1) is 8.19. The van der Waals surface area contributed by atoms with Crippen LogP contribution in [0, 0.1) is 12.7 Å². The van der Waals surface area contributed by atoms with E-state index in [2.05, 4.69) is 0 Å². The Kier molecular flexibility index (Phi) is 4.33. The lowest BCUT2D eigenvalue weighted by molar-refractivity contribution is -0.162. The minimum absolute atomic E-state index is 0.299. The fraction of sp³-hybridized carbons (Fsp3) is 0.500. The summed E-state index contributed by atoms with van der Waals surface area (Å²) in [6.45, 7) is 8.62. The van der Waals surface area contributed by atoms with E-state index >= 15 is 0 Å². The van der Waals surface area contributed by atoms with Crippen LogP contribution in [0.1, 0.15) is 33.3 Å². The van der Waals surface area contributed by atoms with Gasteiger partial charge in [0.15, 0.2) is 6.10 Å². The lowest BCUT2D eigenvalue weighted by Gasteiger charge is -2.22. The number of hydrogen-bond acceptors (Lipinski definition) is 3. The van der Waals surface area contributed by atoms with Crippen molar-refractivity contribution in [2.75, 3.05) is 0 Å². The number of aryl methyl sites for hydroxylation is 1. The predicted octanol–water partition coefficient (Wildman–Crippen LogP) is 3.24. The molecular formula is C14H19FO3. The number of ether oxygens (including phenoxy) is 2. The van der Waals surface area contributed by atoms with Crippen LogP contribution < -0.4 is 4.74 Å². The van der Waals surface area contributed by atoms with Gasteiger partial charge in [0.2, 0.25) is 0 Å². The molecule has 0 aliphatic heterocycles. The Hall–Kier alpha value is -1.58. The van der Waals surface area contributed by atoms with Crippen molar-refractivity contribution in [1.82, 2.24) is 0 Å². The van der Waals surface area contributed by atoms with Crippen LogP contribution in [0.3, 0.4) is 0 Å². The van der Waals surface area contributed by atoms with Crippen LogP contribution >= 0.6 is 0 Å². The van der Waals surface area contributed by atoms with Crippen molar-refractivity contribution in [3.63, 3.8) is 0 Å². The lowest BCUT2D eigenvalue weighted by atomic mass is 10.2. The molecule has 0 bridgehead atoms. The average molecular weight is 254 g/mol. The monoisotopic (exact) mass is 254 g/mol. The Morgan fingerprint density at radius 3 is 2.44 bits per heavy atom. The fourth-order valence-corrected chi connectivity index (χ4v) is 1.33. The molecular weight excluding hydrogens is 235 g/mol. The number of rotatable bonds is 3. The van der Waals surface area contributed by atoms with Crippen molar-refractivity contribution >= 4 is 5.97 Å². The third-order valence-corrected chi connectivity index (χ3v) is 2.18. The van der Waals surface area contributed by atoms with Gasteiger partial charge in [-0.15, -0.1) is 0 Å². The van der Waals surface area contributed by atoms with Crippen molar-refractivity contribution in [3.8, 4) is 5.75 Å². The molecule has 0 radical (unpaired) electrons. The van der Waals surface area contributed by atoms with Crippen LogP contribution in [0.2, 0.25) is 0 Å². The molecule has 4 heteroatoms. The van der Waals surface area contributed by atoms with Gasteiger partial charge in [-0.3, -0.25) is 0 Å². The van der Waals surface area contributed by atoms with Gasteiger partial charge in [0.25, 0.3) is 0 Å². The van der Waals surface area contributed by atoms with E-state index in [9.17, 15) is 9.18 Å². The molecule has 0 aromatic heterocycles. The summed E-state index contributed by atoms with van der Waals surface area (Å²) in [6, 6.07) is 4.35. The molecule has 0 N–H and O–H groups in total. The lowest BCUT2D eigenvalue weighted by Crippen LogP contribution is -2.33. The molecule has 0 saturated heterocycles. The summed E-state index contributed by atoms with van der Waals surface area (Å²) in [5.41, 5.74) is -0.0724. The Labute approximate surface area is 107 Å². The van der Waals surface area contributed by atoms with E-state index < -0.39 is 17.7 Å². The zero-order valence-electron chi connectivity index (χ0n) is 11.4. The molecule has 3 nitrogen and oxygen atoms in total. The highest BCUT2D eigenvalue weighted by Crippen LogP contribution is 2.18. The van der Waals surface area contributed by atoms with Crippen LogP contribution in [0.4, 0.5) is 4.39 Å². The van der Waals surface area contributed by atoms with Crippen molar-refractivity contribution in [3.05, 3.63) is 29.6 Å². The minimum atomic E-state index is -0.728. The van der Waals surface area contributed by atoms with Crippen LogP contribution in [0.25, 0.3) is 0 Å². The third kappa shape index (κ3) is 4.35. The van der Waals surface area contributed by atoms with E-state index in [4.69, 9.17) is 9.47 Å². The zero-order chi connectivity index (χ0) is 13.9. The summed E-state index contributed by atoms with van der Waals surface area (Å²) in [5, 5.41) is 0. The maximum Gasteiger partial charge on any atom is 0.347 e. The number of hydrogen-bond donors (Lipinski definition) is 0. The summed E-state index contributed by atoms with van der Waals surface area (Å²) in [5.74, 6) is -0.288. The van der Waals surface area contributed by atoms with Crippen molar-refractivity contribution in [2.45, 2.75) is 46.3 Å². The summed E-state index contributed by atoms with van der Waals surface area (Å²) in [7, 11) is 0. The second kappa shape index (κ2) is 5.38. The average Bonchev–Trinajstić information content (AvgIpc) is 2.21. The maximum atomic E-state index is 13.1. The zero-order valence-corrected chi connectivity index (χ0v) is 11.4. The summed E-state index contributed by atoms with van der Waals surface area (Å²) < 4.78 is 23.7. The number of halogens is 1. The van der Waals surface area contributed by atoms with Crippen LogP contribution in [-0.2, 0) is 9.53 Å². The van der Waals surface area contributed by atoms with Crippen LogP contribution in [0.15, 0.2) is 18.2 Å². The van der Waals surface area contributed by atoms with E-state index in [1.165, 1.54) is 12.1 Å². The molecule has 0 amide bonds. The molecule has 1 aromatic rings. The van der Waals surface area contributed by atoms with E-state index in [-0.39, 0.29) is 5.82 Å². The smallest absolute Gasteiger partial charge is 0.347 e. The summed E-state index contributed by atoms with van der Waals surface area (Å²) in [6.07, 6.45) is -0.728. The quantitative estimate of drug-likeness (QED) is 0.777. The summed E-state index contributed by atoms with van der Waals surface area (Å²) in [4.78, 5) is 11.7. The SMILES string of the molecule is Cc1cc(OC(C)C(=O)OC(C)(C)C)ccc1F. The summed E-state index contributed by atoms with van der Waals surface area (Å²) >= 11 is 0. The molecule has 0 aliphatic carbocycles. The number of esters is 1. The maximum absolute atomic E-state index is 13.1. The Morgan fingerprint density at radius 1 is 1.33 bits per heavy atom. The normalized spacial score (nSPS) is 13.0. The highest BCUT2D eigenvalue weighted by atomic mass is 19.1. The highest BCUT2D eigenvalue weighted by Gasteiger charge is 2.23. The first-order valence-corrected chi connectivity index (χ1v) is 5.85. The molecule has 1 rings (SSSR count). The molecule has 0 saturated carbocycles. The topological polar surface area (TPSA) is 35.5 Å². The van der Waals surface area contributed by atoms with Gasteiger partial charge >= 0.3 is 5.97 Å². The van der Waals surface area contributed by atoms with Gasteiger partial charge in [-0.25, -0.2) is 9.18 Å². The predicted molar refractivity (Wildman–Crippen MR) is 67.1 cm³/mol.